The molecule has 3 amide bonds. The number of hydrazone groups is 1. The summed E-state index contributed by atoms with van der Waals surface area (Å²) in [6.07, 6.45) is 0. The lowest BCUT2D eigenvalue weighted by molar-refractivity contribution is -0.136. The van der Waals surface area contributed by atoms with Crippen LogP contribution in [0, 0.1) is 5.82 Å². The standard InChI is InChI=1S/C18H16ClFN4O4/c1-10(11-2-5-13(6-3-11)28-9-16(21)25)23-24-18(27)17(26)22-12-4-7-15(20)14(19)8-12/h2-8H,9H2,1H3,(H2,21,25)(H,22,26)(H,24,27)/b23-10+. The number of primary amides is 1. The molecule has 10 heteroatoms. The molecule has 0 aliphatic rings. The predicted molar refractivity (Wildman–Crippen MR) is 102 cm³/mol. The molecule has 0 heterocycles. The first-order chi connectivity index (χ1) is 13.3. The number of amides is 3. The Morgan fingerprint density at radius 3 is 2.43 bits per heavy atom. The Kier molecular flexibility index (Phi) is 7.05. The Morgan fingerprint density at radius 1 is 1.14 bits per heavy atom. The summed E-state index contributed by atoms with van der Waals surface area (Å²) >= 11 is 5.61. The Labute approximate surface area is 164 Å². The third-order valence-electron chi connectivity index (χ3n) is 3.36. The van der Waals surface area contributed by atoms with E-state index >= 15 is 0 Å². The Hall–Kier alpha value is -3.46. The van der Waals surface area contributed by atoms with E-state index in [1.165, 1.54) is 12.1 Å². The fourth-order valence-corrected chi connectivity index (χ4v) is 2.14. The number of carbonyl (C=O) groups excluding carboxylic acids is 3. The zero-order chi connectivity index (χ0) is 20.7. The van der Waals surface area contributed by atoms with E-state index in [-0.39, 0.29) is 17.3 Å². The van der Waals surface area contributed by atoms with Crippen molar-refractivity contribution in [1.29, 1.82) is 0 Å². The van der Waals surface area contributed by atoms with Gasteiger partial charge in [-0.05, 0) is 55.0 Å². The van der Waals surface area contributed by atoms with Crippen LogP contribution >= 0.6 is 11.6 Å². The fraction of sp³-hybridized carbons (Fsp3) is 0.111. The van der Waals surface area contributed by atoms with Crippen LogP contribution in [0.4, 0.5) is 10.1 Å². The van der Waals surface area contributed by atoms with Gasteiger partial charge in [-0.15, -0.1) is 0 Å². The van der Waals surface area contributed by atoms with Gasteiger partial charge >= 0.3 is 11.8 Å². The van der Waals surface area contributed by atoms with Gasteiger partial charge in [0.1, 0.15) is 11.6 Å². The molecule has 0 radical (unpaired) electrons. The predicted octanol–water partition coefficient (Wildman–Crippen LogP) is 1.82. The van der Waals surface area contributed by atoms with Crippen LogP contribution in [0.2, 0.25) is 5.02 Å². The molecule has 0 saturated carbocycles. The van der Waals surface area contributed by atoms with Crippen molar-refractivity contribution in [1.82, 2.24) is 5.43 Å². The molecule has 0 unspecified atom stereocenters. The number of carbonyl (C=O) groups is 3. The number of nitrogens with zero attached hydrogens (tertiary/aromatic N) is 1. The van der Waals surface area contributed by atoms with E-state index < -0.39 is 23.5 Å². The fourth-order valence-electron chi connectivity index (χ4n) is 1.96. The molecule has 2 aromatic rings. The second kappa shape index (κ2) is 9.47. The van der Waals surface area contributed by atoms with Crippen molar-refractivity contribution in [2.24, 2.45) is 10.8 Å². The zero-order valence-corrected chi connectivity index (χ0v) is 15.4. The molecule has 0 aliphatic carbocycles. The number of rotatable bonds is 6. The summed E-state index contributed by atoms with van der Waals surface area (Å²) in [5, 5.41) is 5.94. The number of hydrogen-bond acceptors (Lipinski definition) is 5. The SMILES string of the molecule is C/C(=N\NC(=O)C(=O)Nc1ccc(F)c(Cl)c1)c1ccc(OCC(N)=O)cc1. The minimum Gasteiger partial charge on any atom is -0.484 e. The molecule has 0 aliphatic heterocycles. The van der Waals surface area contributed by atoms with Crippen LogP contribution in [0.15, 0.2) is 47.6 Å². The van der Waals surface area contributed by atoms with Gasteiger partial charge < -0.3 is 15.8 Å². The summed E-state index contributed by atoms with van der Waals surface area (Å²) in [6, 6.07) is 10.0. The molecule has 8 nitrogen and oxygen atoms in total. The van der Waals surface area contributed by atoms with Crippen molar-refractivity contribution in [2.45, 2.75) is 6.92 Å². The van der Waals surface area contributed by atoms with Gasteiger partial charge in [-0.25, -0.2) is 9.82 Å². The van der Waals surface area contributed by atoms with E-state index in [9.17, 15) is 18.8 Å². The third kappa shape index (κ3) is 6.06. The second-order valence-corrected chi connectivity index (χ2v) is 5.91. The van der Waals surface area contributed by atoms with Crippen LogP contribution in [-0.4, -0.2) is 30.0 Å². The second-order valence-electron chi connectivity index (χ2n) is 5.50. The Morgan fingerprint density at radius 2 is 1.82 bits per heavy atom. The lowest BCUT2D eigenvalue weighted by Gasteiger charge is -2.07. The largest absolute Gasteiger partial charge is 0.484 e. The molecule has 0 aromatic heterocycles. The average molecular weight is 407 g/mol. The minimum atomic E-state index is -1.01. The number of hydrogen-bond donors (Lipinski definition) is 3. The van der Waals surface area contributed by atoms with Gasteiger partial charge in [-0.1, -0.05) is 11.6 Å². The van der Waals surface area contributed by atoms with Crippen LogP contribution in [0.25, 0.3) is 0 Å². The third-order valence-corrected chi connectivity index (χ3v) is 3.65. The number of nitrogens with one attached hydrogen (secondary N) is 2. The highest BCUT2D eigenvalue weighted by atomic mass is 35.5. The first kappa shape index (κ1) is 20.8. The van der Waals surface area contributed by atoms with Crippen molar-refractivity contribution in [3.8, 4) is 5.75 Å². The summed E-state index contributed by atoms with van der Waals surface area (Å²) < 4.78 is 18.2. The van der Waals surface area contributed by atoms with Crippen molar-refractivity contribution in [2.75, 3.05) is 11.9 Å². The van der Waals surface area contributed by atoms with Gasteiger partial charge in [0.05, 0.1) is 10.7 Å². The zero-order valence-electron chi connectivity index (χ0n) is 14.7. The maximum absolute atomic E-state index is 13.1. The summed E-state index contributed by atoms with van der Waals surface area (Å²) in [7, 11) is 0. The lowest BCUT2D eigenvalue weighted by Crippen LogP contribution is -2.32. The normalized spacial score (nSPS) is 10.9. The van der Waals surface area contributed by atoms with E-state index in [0.717, 1.165) is 6.07 Å². The van der Waals surface area contributed by atoms with Gasteiger partial charge in [-0.2, -0.15) is 5.10 Å². The van der Waals surface area contributed by atoms with Gasteiger partial charge in [0.25, 0.3) is 5.91 Å². The van der Waals surface area contributed by atoms with E-state index in [1.54, 1.807) is 31.2 Å². The van der Waals surface area contributed by atoms with E-state index in [4.69, 9.17) is 22.1 Å². The van der Waals surface area contributed by atoms with Gasteiger partial charge in [0.2, 0.25) is 0 Å². The molecule has 0 atom stereocenters. The molecular weight excluding hydrogens is 391 g/mol. The number of benzene rings is 2. The lowest BCUT2D eigenvalue weighted by atomic mass is 10.1. The molecule has 4 N–H and O–H groups in total. The summed E-state index contributed by atoms with van der Waals surface area (Å²) in [6.45, 7) is 1.38. The number of halogens is 2. The Balaban J connectivity index is 1.93. The molecule has 0 fully saturated rings. The van der Waals surface area contributed by atoms with Crippen LogP contribution < -0.4 is 21.2 Å². The first-order valence-corrected chi connectivity index (χ1v) is 8.26. The van der Waals surface area contributed by atoms with Gasteiger partial charge in [0, 0.05) is 5.69 Å². The van der Waals surface area contributed by atoms with Crippen LogP contribution in [0.1, 0.15) is 12.5 Å². The smallest absolute Gasteiger partial charge is 0.329 e. The maximum Gasteiger partial charge on any atom is 0.329 e. The summed E-state index contributed by atoms with van der Waals surface area (Å²) in [5.74, 6) is -2.80. The van der Waals surface area contributed by atoms with Crippen LogP contribution in [0.3, 0.4) is 0 Å². The summed E-state index contributed by atoms with van der Waals surface area (Å²) in [4.78, 5) is 34.4. The highest BCUT2D eigenvalue weighted by molar-refractivity contribution is 6.40. The first-order valence-electron chi connectivity index (χ1n) is 7.88. The van der Waals surface area contributed by atoms with E-state index in [0.29, 0.717) is 17.0 Å². The highest BCUT2D eigenvalue weighted by Crippen LogP contribution is 2.19. The topological polar surface area (TPSA) is 123 Å². The molecule has 2 rings (SSSR count). The summed E-state index contributed by atoms with van der Waals surface area (Å²) in [5.41, 5.74) is 8.35. The molecule has 0 saturated heterocycles. The molecule has 0 spiro atoms. The van der Waals surface area contributed by atoms with E-state index in [2.05, 4.69) is 15.8 Å². The van der Waals surface area contributed by atoms with Crippen LogP contribution in [-0.2, 0) is 14.4 Å². The van der Waals surface area contributed by atoms with Gasteiger partial charge in [-0.3, -0.25) is 14.4 Å². The number of ether oxygens (including phenoxy) is 1. The van der Waals surface area contributed by atoms with Crippen molar-refractivity contribution in [3.05, 3.63) is 58.9 Å². The van der Waals surface area contributed by atoms with Crippen molar-refractivity contribution < 1.29 is 23.5 Å². The molecule has 146 valence electrons. The minimum absolute atomic E-state index is 0.166. The van der Waals surface area contributed by atoms with Crippen molar-refractivity contribution in [3.63, 3.8) is 0 Å². The highest BCUT2D eigenvalue weighted by Gasteiger charge is 2.14. The molecule has 28 heavy (non-hydrogen) atoms. The molecular formula is C18H16ClFN4O4. The van der Waals surface area contributed by atoms with Crippen molar-refractivity contribution >= 4 is 40.7 Å². The van der Waals surface area contributed by atoms with Crippen LogP contribution in [0.5, 0.6) is 5.75 Å². The molecule has 2 aromatic carbocycles. The maximum atomic E-state index is 13.1. The van der Waals surface area contributed by atoms with E-state index in [1.807, 2.05) is 0 Å². The number of anilines is 1. The average Bonchev–Trinajstić information content (AvgIpc) is 2.67. The quantitative estimate of drug-likeness (QED) is 0.384. The molecule has 0 bridgehead atoms. The number of nitrogens with two attached hydrogens (primary N) is 1. The van der Waals surface area contributed by atoms with Gasteiger partial charge in [0.15, 0.2) is 6.61 Å². The Bertz CT molecular complexity index is 932. The monoisotopic (exact) mass is 406 g/mol.